The number of aryl methyl sites for hydroxylation is 1. The van der Waals surface area contributed by atoms with Gasteiger partial charge in [0, 0.05) is 5.69 Å². The van der Waals surface area contributed by atoms with Crippen molar-refractivity contribution in [3.05, 3.63) is 59.4 Å². The second-order valence-electron chi connectivity index (χ2n) is 6.51. The van der Waals surface area contributed by atoms with Crippen molar-refractivity contribution in [3.8, 4) is 0 Å². The number of rotatable bonds is 7. The molecule has 5 nitrogen and oxygen atoms in total. The number of benzene rings is 2. The number of para-hydroxylation sites is 2. The van der Waals surface area contributed by atoms with Crippen LogP contribution in [0.3, 0.4) is 0 Å². The standard InChI is InChI=1S/C20H21FN4OS2/c1-12(2)14-8-6-7-13(3)18(14)23-17(26)11-27-20-25-24-19(28-20)22-16-10-5-4-9-15(16)21/h4-10,12H,11H2,1-3H3,(H,22,24)(H,23,26). The predicted octanol–water partition coefficient (Wildman–Crippen LogP) is 5.58. The van der Waals surface area contributed by atoms with Crippen molar-refractivity contribution < 1.29 is 9.18 Å². The van der Waals surface area contributed by atoms with E-state index < -0.39 is 0 Å². The van der Waals surface area contributed by atoms with Gasteiger partial charge in [-0.25, -0.2) is 4.39 Å². The van der Waals surface area contributed by atoms with Crippen molar-refractivity contribution in [2.24, 2.45) is 0 Å². The smallest absolute Gasteiger partial charge is 0.234 e. The van der Waals surface area contributed by atoms with E-state index in [0.29, 0.717) is 21.1 Å². The maximum absolute atomic E-state index is 13.7. The average molecular weight is 417 g/mol. The minimum atomic E-state index is -0.356. The zero-order valence-electron chi connectivity index (χ0n) is 15.8. The third-order valence-corrected chi connectivity index (χ3v) is 6.01. The lowest BCUT2D eigenvalue weighted by atomic mass is 9.98. The molecular formula is C20H21FN4OS2. The first-order valence-corrected chi connectivity index (χ1v) is 10.6. The zero-order valence-corrected chi connectivity index (χ0v) is 17.5. The van der Waals surface area contributed by atoms with Crippen LogP contribution in [0.5, 0.6) is 0 Å². The van der Waals surface area contributed by atoms with E-state index in [0.717, 1.165) is 16.8 Å². The Morgan fingerprint density at radius 2 is 1.96 bits per heavy atom. The van der Waals surface area contributed by atoms with Crippen LogP contribution in [0.15, 0.2) is 46.8 Å². The Morgan fingerprint density at radius 1 is 1.18 bits per heavy atom. The molecule has 2 N–H and O–H groups in total. The summed E-state index contributed by atoms with van der Waals surface area (Å²) in [7, 11) is 0. The molecule has 0 spiro atoms. The van der Waals surface area contributed by atoms with E-state index in [4.69, 9.17) is 0 Å². The molecular weight excluding hydrogens is 395 g/mol. The van der Waals surface area contributed by atoms with E-state index >= 15 is 0 Å². The topological polar surface area (TPSA) is 66.9 Å². The van der Waals surface area contributed by atoms with E-state index in [-0.39, 0.29) is 17.5 Å². The number of carbonyl (C=O) groups is 1. The van der Waals surface area contributed by atoms with Crippen LogP contribution in [0.2, 0.25) is 0 Å². The van der Waals surface area contributed by atoms with Crippen LogP contribution in [0.1, 0.15) is 30.9 Å². The first kappa shape index (κ1) is 20.3. The number of amides is 1. The number of nitrogens with zero attached hydrogens (tertiary/aromatic N) is 2. The summed E-state index contributed by atoms with van der Waals surface area (Å²) >= 11 is 2.58. The number of carbonyl (C=O) groups excluding carboxylic acids is 1. The van der Waals surface area contributed by atoms with Crippen molar-refractivity contribution in [1.29, 1.82) is 0 Å². The van der Waals surface area contributed by atoms with E-state index in [1.165, 1.54) is 29.2 Å². The molecule has 0 aliphatic heterocycles. The molecule has 28 heavy (non-hydrogen) atoms. The van der Waals surface area contributed by atoms with Gasteiger partial charge in [-0.15, -0.1) is 10.2 Å². The Bertz CT molecular complexity index is 974. The summed E-state index contributed by atoms with van der Waals surface area (Å²) in [5, 5.41) is 14.5. The first-order chi connectivity index (χ1) is 13.4. The van der Waals surface area contributed by atoms with Gasteiger partial charge in [-0.3, -0.25) is 4.79 Å². The number of anilines is 3. The minimum absolute atomic E-state index is 0.0972. The number of halogens is 1. The molecule has 0 bridgehead atoms. The van der Waals surface area contributed by atoms with Crippen LogP contribution in [0.25, 0.3) is 0 Å². The fourth-order valence-electron chi connectivity index (χ4n) is 2.64. The largest absolute Gasteiger partial charge is 0.328 e. The van der Waals surface area contributed by atoms with Gasteiger partial charge in [0.05, 0.1) is 11.4 Å². The molecule has 0 radical (unpaired) electrons. The summed E-state index contributed by atoms with van der Waals surface area (Å²) in [5.41, 5.74) is 3.37. The van der Waals surface area contributed by atoms with E-state index in [1.807, 2.05) is 25.1 Å². The molecule has 146 valence electrons. The van der Waals surface area contributed by atoms with Crippen LogP contribution in [-0.2, 0) is 4.79 Å². The number of nitrogens with one attached hydrogen (secondary N) is 2. The summed E-state index contributed by atoms with van der Waals surface area (Å²) in [6.45, 7) is 6.19. The maximum Gasteiger partial charge on any atom is 0.234 e. The molecule has 3 rings (SSSR count). The number of hydrogen-bond acceptors (Lipinski definition) is 6. The normalized spacial score (nSPS) is 10.9. The van der Waals surface area contributed by atoms with Gasteiger partial charge >= 0.3 is 0 Å². The summed E-state index contributed by atoms with van der Waals surface area (Å²) in [4.78, 5) is 12.4. The van der Waals surface area contributed by atoms with Crippen LogP contribution in [0.4, 0.5) is 20.9 Å². The van der Waals surface area contributed by atoms with E-state index in [9.17, 15) is 9.18 Å². The highest BCUT2D eigenvalue weighted by Gasteiger charge is 2.14. The lowest BCUT2D eigenvalue weighted by Gasteiger charge is -2.16. The van der Waals surface area contributed by atoms with E-state index in [1.54, 1.807) is 18.2 Å². The summed E-state index contributed by atoms with van der Waals surface area (Å²) in [6.07, 6.45) is 0. The van der Waals surface area contributed by atoms with Gasteiger partial charge in [-0.1, -0.05) is 67.3 Å². The van der Waals surface area contributed by atoms with Gasteiger partial charge in [0.1, 0.15) is 5.82 Å². The molecule has 8 heteroatoms. The lowest BCUT2D eigenvalue weighted by molar-refractivity contribution is -0.113. The third-order valence-electron chi connectivity index (χ3n) is 4.04. The molecule has 0 aliphatic rings. The van der Waals surface area contributed by atoms with E-state index in [2.05, 4.69) is 34.7 Å². The van der Waals surface area contributed by atoms with Gasteiger partial charge in [0.2, 0.25) is 11.0 Å². The Balaban J connectivity index is 1.59. The Hall–Kier alpha value is -2.45. The number of thioether (sulfide) groups is 1. The van der Waals surface area contributed by atoms with Gasteiger partial charge in [0.25, 0.3) is 0 Å². The summed E-state index contributed by atoms with van der Waals surface area (Å²) in [6, 6.07) is 12.4. The van der Waals surface area contributed by atoms with Crippen molar-refractivity contribution >= 4 is 45.5 Å². The fraction of sp³-hybridized carbons (Fsp3) is 0.250. The Morgan fingerprint density at radius 3 is 2.71 bits per heavy atom. The quantitative estimate of drug-likeness (QED) is 0.492. The highest BCUT2D eigenvalue weighted by molar-refractivity contribution is 8.01. The Kier molecular flexibility index (Phi) is 6.64. The Labute approximate surface area is 171 Å². The molecule has 1 heterocycles. The molecule has 0 aliphatic carbocycles. The second-order valence-corrected chi connectivity index (χ2v) is 8.71. The van der Waals surface area contributed by atoms with Crippen LogP contribution >= 0.6 is 23.1 Å². The molecule has 0 saturated heterocycles. The fourth-order valence-corrected chi connectivity index (χ4v) is 4.21. The number of hydrogen-bond donors (Lipinski definition) is 2. The molecule has 3 aromatic rings. The maximum atomic E-state index is 13.7. The van der Waals surface area contributed by atoms with Gasteiger partial charge in [-0.05, 0) is 36.1 Å². The average Bonchev–Trinajstić information content (AvgIpc) is 3.11. The zero-order chi connectivity index (χ0) is 20.1. The SMILES string of the molecule is Cc1cccc(C(C)C)c1NC(=O)CSc1nnc(Nc2ccccc2F)s1. The van der Waals surface area contributed by atoms with Gasteiger partial charge in [-0.2, -0.15) is 0 Å². The molecule has 1 amide bonds. The van der Waals surface area contributed by atoms with Crippen LogP contribution in [-0.4, -0.2) is 21.9 Å². The second kappa shape index (κ2) is 9.16. The third kappa shape index (κ3) is 5.08. The lowest BCUT2D eigenvalue weighted by Crippen LogP contribution is -2.16. The molecule has 0 unspecified atom stereocenters. The van der Waals surface area contributed by atoms with Crippen LogP contribution in [0, 0.1) is 12.7 Å². The molecule has 0 fully saturated rings. The highest BCUT2D eigenvalue weighted by atomic mass is 32.2. The minimum Gasteiger partial charge on any atom is -0.328 e. The van der Waals surface area contributed by atoms with Gasteiger partial charge in [0.15, 0.2) is 4.34 Å². The van der Waals surface area contributed by atoms with Crippen molar-refractivity contribution in [2.45, 2.75) is 31.0 Å². The predicted molar refractivity (Wildman–Crippen MR) is 114 cm³/mol. The van der Waals surface area contributed by atoms with Crippen LogP contribution < -0.4 is 10.6 Å². The highest BCUT2D eigenvalue weighted by Crippen LogP contribution is 2.30. The molecule has 0 atom stereocenters. The van der Waals surface area contributed by atoms with Crippen molar-refractivity contribution in [1.82, 2.24) is 10.2 Å². The first-order valence-electron chi connectivity index (χ1n) is 8.81. The summed E-state index contributed by atoms with van der Waals surface area (Å²) in [5.74, 6) is 0.0868. The number of aromatic nitrogens is 2. The molecule has 0 saturated carbocycles. The van der Waals surface area contributed by atoms with Crippen molar-refractivity contribution in [3.63, 3.8) is 0 Å². The molecule has 1 aromatic heterocycles. The monoisotopic (exact) mass is 416 g/mol. The van der Waals surface area contributed by atoms with Crippen molar-refractivity contribution in [2.75, 3.05) is 16.4 Å². The molecule has 2 aromatic carbocycles. The summed E-state index contributed by atoms with van der Waals surface area (Å²) < 4.78 is 14.3. The van der Waals surface area contributed by atoms with Gasteiger partial charge < -0.3 is 10.6 Å².